The minimum absolute atomic E-state index is 0.0717. The number of aromatic nitrogens is 3. The van der Waals surface area contributed by atoms with Crippen LogP contribution >= 0.6 is 0 Å². The first-order valence-electron chi connectivity index (χ1n) is 6.80. The first-order valence-corrected chi connectivity index (χ1v) is 6.80. The Morgan fingerprint density at radius 3 is 3.14 bits per heavy atom. The van der Waals surface area contributed by atoms with Crippen molar-refractivity contribution in [2.45, 2.75) is 19.4 Å². The van der Waals surface area contributed by atoms with E-state index in [1.165, 1.54) is 12.3 Å². The smallest absolute Gasteiger partial charge is 0.358 e. The molecule has 1 aliphatic rings. The van der Waals surface area contributed by atoms with E-state index in [4.69, 9.17) is 4.74 Å². The average Bonchev–Trinajstić information content (AvgIpc) is 2.92. The quantitative estimate of drug-likeness (QED) is 0.876. The van der Waals surface area contributed by atoms with Gasteiger partial charge in [-0.1, -0.05) is 0 Å². The lowest BCUT2D eigenvalue weighted by molar-refractivity contribution is 0.0520. The molecule has 0 saturated carbocycles. The van der Waals surface area contributed by atoms with Gasteiger partial charge in [-0.3, -0.25) is 4.98 Å². The molecule has 0 aliphatic carbocycles. The predicted octanol–water partition coefficient (Wildman–Crippen LogP) is 2.00. The molecule has 3 rings (SSSR count). The Kier molecular flexibility index (Phi) is 3.55. The van der Waals surface area contributed by atoms with Gasteiger partial charge >= 0.3 is 5.97 Å². The molecular weight excluding hydrogens is 275 g/mol. The lowest BCUT2D eigenvalue weighted by Gasteiger charge is -2.25. The minimum atomic E-state index is -0.452. The van der Waals surface area contributed by atoms with Crippen molar-refractivity contribution < 1.29 is 13.9 Å². The molecule has 7 heteroatoms. The molecule has 0 fully saturated rings. The lowest BCUT2D eigenvalue weighted by atomic mass is 10.1. The zero-order valence-corrected chi connectivity index (χ0v) is 11.5. The number of halogens is 1. The molecule has 0 radical (unpaired) electrons. The molecule has 1 unspecified atom stereocenters. The summed E-state index contributed by atoms with van der Waals surface area (Å²) in [7, 11) is 0. The van der Waals surface area contributed by atoms with Crippen LogP contribution in [0.4, 0.5) is 10.3 Å². The van der Waals surface area contributed by atoms with Crippen molar-refractivity contribution in [2.24, 2.45) is 0 Å². The fraction of sp³-hybridized carbons (Fsp3) is 0.357. The number of carbonyl (C=O) groups is 1. The van der Waals surface area contributed by atoms with E-state index in [0.717, 1.165) is 12.1 Å². The minimum Gasteiger partial charge on any atom is -0.461 e. The summed E-state index contributed by atoms with van der Waals surface area (Å²) in [5, 5.41) is 3.13. The lowest BCUT2D eigenvalue weighted by Crippen LogP contribution is -2.24. The molecule has 1 atom stereocenters. The summed E-state index contributed by atoms with van der Waals surface area (Å²) in [5.41, 5.74) is 1.00. The van der Waals surface area contributed by atoms with Gasteiger partial charge < -0.3 is 14.6 Å². The number of pyridine rings is 1. The van der Waals surface area contributed by atoms with Crippen molar-refractivity contribution >= 4 is 11.9 Å². The van der Waals surface area contributed by atoms with Gasteiger partial charge in [-0.15, -0.1) is 0 Å². The van der Waals surface area contributed by atoms with Gasteiger partial charge in [0.05, 0.1) is 24.5 Å². The second kappa shape index (κ2) is 5.51. The number of anilines is 1. The monoisotopic (exact) mass is 290 g/mol. The number of rotatable bonds is 3. The number of nitrogens with zero attached hydrogens (tertiary/aromatic N) is 3. The number of esters is 1. The number of hydrogen-bond donors (Lipinski definition) is 1. The Morgan fingerprint density at radius 1 is 1.57 bits per heavy atom. The van der Waals surface area contributed by atoms with E-state index in [1.54, 1.807) is 19.2 Å². The standard InChI is InChI=1S/C14H15FN4O2/c1-2-21-13(20)11-8-19-12(5-6-16-14(19)18-11)10-4-3-9(15)7-17-10/h3-4,7-8,12H,2,5-6H2,1H3,(H,16,18). The number of fused-ring (bicyclic) bond motifs is 1. The zero-order valence-electron chi connectivity index (χ0n) is 11.5. The van der Waals surface area contributed by atoms with Crippen LogP contribution in [0.2, 0.25) is 0 Å². The molecule has 1 aliphatic heterocycles. The third kappa shape index (κ3) is 2.58. The van der Waals surface area contributed by atoms with Gasteiger partial charge in [0.2, 0.25) is 5.95 Å². The van der Waals surface area contributed by atoms with Gasteiger partial charge in [0, 0.05) is 12.7 Å². The average molecular weight is 290 g/mol. The van der Waals surface area contributed by atoms with Crippen LogP contribution in [0.15, 0.2) is 24.5 Å². The van der Waals surface area contributed by atoms with E-state index in [-0.39, 0.29) is 17.6 Å². The highest BCUT2D eigenvalue weighted by Crippen LogP contribution is 2.28. The molecule has 2 aromatic rings. The first kappa shape index (κ1) is 13.5. The highest BCUT2D eigenvalue weighted by molar-refractivity contribution is 5.87. The van der Waals surface area contributed by atoms with Crippen LogP contribution < -0.4 is 5.32 Å². The first-order chi connectivity index (χ1) is 10.2. The summed E-state index contributed by atoms with van der Waals surface area (Å²) in [4.78, 5) is 20.1. The van der Waals surface area contributed by atoms with Crippen LogP contribution in [0.25, 0.3) is 0 Å². The maximum absolute atomic E-state index is 13.0. The van der Waals surface area contributed by atoms with Crippen LogP contribution in [-0.4, -0.2) is 33.7 Å². The van der Waals surface area contributed by atoms with Gasteiger partial charge in [0.25, 0.3) is 0 Å². The van der Waals surface area contributed by atoms with Crippen LogP contribution in [0.3, 0.4) is 0 Å². The summed E-state index contributed by atoms with van der Waals surface area (Å²) < 4.78 is 19.8. The van der Waals surface area contributed by atoms with Gasteiger partial charge in [0.1, 0.15) is 5.82 Å². The van der Waals surface area contributed by atoms with Crippen LogP contribution in [0.1, 0.15) is 35.6 Å². The normalized spacial score (nSPS) is 17.0. The largest absolute Gasteiger partial charge is 0.461 e. The van der Waals surface area contributed by atoms with E-state index in [0.29, 0.717) is 19.1 Å². The summed E-state index contributed by atoms with van der Waals surface area (Å²) in [6, 6.07) is 2.96. The number of carbonyl (C=O) groups excluding carboxylic acids is 1. The molecular formula is C14H15FN4O2. The zero-order chi connectivity index (χ0) is 14.8. The molecule has 0 spiro atoms. The van der Waals surface area contributed by atoms with E-state index < -0.39 is 5.97 Å². The number of hydrogen-bond acceptors (Lipinski definition) is 5. The Hall–Kier alpha value is -2.44. The van der Waals surface area contributed by atoms with Crippen molar-refractivity contribution in [2.75, 3.05) is 18.5 Å². The summed E-state index contributed by atoms with van der Waals surface area (Å²) in [5.74, 6) is -0.224. The fourth-order valence-corrected chi connectivity index (χ4v) is 2.40. The van der Waals surface area contributed by atoms with Crippen molar-refractivity contribution in [3.8, 4) is 0 Å². The maximum Gasteiger partial charge on any atom is 0.358 e. The molecule has 2 aromatic heterocycles. The molecule has 21 heavy (non-hydrogen) atoms. The van der Waals surface area contributed by atoms with Crippen LogP contribution in [-0.2, 0) is 4.74 Å². The highest BCUT2D eigenvalue weighted by Gasteiger charge is 2.25. The number of ether oxygens (including phenoxy) is 1. The maximum atomic E-state index is 13.0. The van der Waals surface area contributed by atoms with Crippen molar-refractivity contribution in [1.82, 2.24) is 14.5 Å². The topological polar surface area (TPSA) is 69.0 Å². The molecule has 0 aromatic carbocycles. The second-order valence-corrected chi connectivity index (χ2v) is 4.71. The third-order valence-corrected chi connectivity index (χ3v) is 3.35. The second-order valence-electron chi connectivity index (χ2n) is 4.71. The van der Waals surface area contributed by atoms with Gasteiger partial charge in [-0.25, -0.2) is 14.2 Å². The summed E-state index contributed by atoms with van der Waals surface area (Å²) in [6.45, 7) is 2.76. The predicted molar refractivity (Wildman–Crippen MR) is 73.6 cm³/mol. The van der Waals surface area contributed by atoms with Gasteiger partial charge in [-0.2, -0.15) is 0 Å². The van der Waals surface area contributed by atoms with E-state index in [9.17, 15) is 9.18 Å². The molecule has 3 heterocycles. The van der Waals surface area contributed by atoms with E-state index in [1.807, 2.05) is 4.57 Å². The molecule has 1 N–H and O–H groups in total. The number of imidazole rings is 1. The van der Waals surface area contributed by atoms with Gasteiger partial charge in [-0.05, 0) is 25.5 Å². The molecule has 0 amide bonds. The SMILES string of the molecule is CCOC(=O)c1cn2c(n1)NCCC2c1ccc(F)cn1. The molecule has 0 saturated heterocycles. The Morgan fingerprint density at radius 2 is 2.43 bits per heavy atom. The van der Waals surface area contributed by atoms with Crippen LogP contribution in [0, 0.1) is 5.82 Å². The molecule has 110 valence electrons. The van der Waals surface area contributed by atoms with Crippen molar-refractivity contribution in [3.63, 3.8) is 0 Å². The third-order valence-electron chi connectivity index (χ3n) is 3.35. The Balaban J connectivity index is 1.94. The Bertz CT molecular complexity index is 653. The van der Waals surface area contributed by atoms with Crippen LogP contribution in [0.5, 0.6) is 0 Å². The molecule has 0 bridgehead atoms. The highest BCUT2D eigenvalue weighted by atomic mass is 19.1. The van der Waals surface area contributed by atoms with E-state index in [2.05, 4.69) is 15.3 Å². The van der Waals surface area contributed by atoms with Crippen molar-refractivity contribution in [3.05, 3.63) is 41.7 Å². The van der Waals surface area contributed by atoms with Crippen molar-refractivity contribution in [1.29, 1.82) is 0 Å². The fourth-order valence-electron chi connectivity index (χ4n) is 2.40. The number of nitrogens with one attached hydrogen (secondary N) is 1. The molecule has 6 nitrogen and oxygen atoms in total. The van der Waals surface area contributed by atoms with E-state index >= 15 is 0 Å². The summed E-state index contributed by atoms with van der Waals surface area (Å²) in [6.07, 6.45) is 3.62. The summed E-state index contributed by atoms with van der Waals surface area (Å²) >= 11 is 0. The Labute approximate surface area is 121 Å². The van der Waals surface area contributed by atoms with Gasteiger partial charge in [0.15, 0.2) is 5.69 Å².